The van der Waals surface area contributed by atoms with Gasteiger partial charge in [0.05, 0.1) is 34.4 Å². The average Bonchev–Trinajstić information content (AvgIpc) is 2.19. The molecule has 9 heteroatoms. The molecule has 0 heterocycles. The van der Waals surface area contributed by atoms with E-state index in [1.165, 1.54) is 244 Å². The molecule has 0 spiro atoms. The van der Waals surface area contributed by atoms with Crippen molar-refractivity contribution in [3.63, 3.8) is 0 Å². The number of aliphatic carboxylic acids is 1. The van der Waals surface area contributed by atoms with Crippen LogP contribution in [0.1, 0.15) is 373 Å². The van der Waals surface area contributed by atoms with Gasteiger partial charge in [0, 0.05) is 12.8 Å². The van der Waals surface area contributed by atoms with Gasteiger partial charge in [0.15, 0.2) is 6.10 Å². The second kappa shape index (κ2) is 79.4. The number of unbranched alkanes of at least 4 members (excludes halogenated alkanes) is 42. The first kappa shape index (κ1) is 94.7. The lowest BCUT2D eigenvalue weighted by Crippen LogP contribution is -2.40. The average molecular weight is 1380 g/mol. The van der Waals surface area contributed by atoms with Crippen LogP contribution in [-0.4, -0.2) is 87.4 Å². The Morgan fingerprint density at radius 1 is 0.303 bits per heavy atom. The summed E-state index contributed by atoms with van der Waals surface area (Å²) in [6.45, 7) is 4.70. The number of esters is 2. The van der Waals surface area contributed by atoms with Crippen LogP contribution in [0.15, 0.2) is 122 Å². The first-order valence-electron chi connectivity index (χ1n) is 41.7. The molecule has 0 rings (SSSR count). The molecule has 0 aromatic rings. The van der Waals surface area contributed by atoms with Gasteiger partial charge in [0.25, 0.3) is 6.29 Å². The van der Waals surface area contributed by atoms with Crippen molar-refractivity contribution in [2.24, 2.45) is 0 Å². The normalized spacial score (nSPS) is 13.3. The van der Waals surface area contributed by atoms with Gasteiger partial charge in [-0.3, -0.25) is 9.59 Å². The number of carboxylic acids is 1. The quantitative estimate of drug-likeness (QED) is 0.0211. The molecule has 0 aliphatic carbocycles. The van der Waals surface area contributed by atoms with E-state index >= 15 is 0 Å². The number of carboxylic acid groups (broad SMARTS) is 1. The molecule has 2 unspecified atom stereocenters. The molecule has 0 fully saturated rings. The standard InChI is InChI=1S/C90H157NO8/c1-6-8-10-12-14-16-18-20-22-24-26-28-30-32-34-36-38-40-42-44-46-48-50-52-54-56-58-60-62-64-66-68-70-72-74-76-78-80-87(92)97-84-86(85-98-90(89(94)95)96-83-82-91(3,4)5)99-88(93)81-79-77-75-73-71-69-67-65-63-61-59-57-55-53-51-49-47-45-43-41-39-37-35-33-31-29-27-25-23-21-19-17-15-13-11-9-7-2/h8-11,14-17,20-23,26-29,33,35,39,41,86,90H,6-7,12-13,18-19,24-25,30-32,34,36-38,40,42-85H2,1-5H3/p+1/b10-8-,11-9-,16-14-,17-15-,22-20-,23-21-,28-26-,29-27-,35-33-,41-39-. The fraction of sp³-hybridized carbons (Fsp3) is 0.744. The number of quaternary nitrogens is 1. The first-order chi connectivity index (χ1) is 48.6. The second-order valence-corrected chi connectivity index (χ2v) is 29.0. The summed E-state index contributed by atoms with van der Waals surface area (Å²) < 4.78 is 23.1. The molecule has 0 radical (unpaired) electrons. The molecule has 9 nitrogen and oxygen atoms in total. The summed E-state index contributed by atoms with van der Waals surface area (Å²) in [5.74, 6) is -1.98. The van der Waals surface area contributed by atoms with Crippen LogP contribution in [0.5, 0.6) is 0 Å². The summed E-state index contributed by atoms with van der Waals surface area (Å²) >= 11 is 0. The lowest BCUT2D eigenvalue weighted by atomic mass is 10.0. The van der Waals surface area contributed by atoms with Crippen LogP contribution in [0.3, 0.4) is 0 Å². The van der Waals surface area contributed by atoms with Crippen molar-refractivity contribution >= 4 is 17.9 Å². The molecule has 0 aliphatic rings. The Morgan fingerprint density at radius 3 is 0.808 bits per heavy atom. The number of hydrogen-bond acceptors (Lipinski definition) is 7. The molecule has 0 saturated carbocycles. The third-order valence-electron chi connectivity index (χ3n) is 18.2. The van der Waals surface area contributed by atoms with E-state index in [0.29, 0.717) is 17.4 Å². The largest absolute Gasteiger partial charge is 0.477 e. The van der Waals surface area contributed by atoms with Crippen molar-refractivity contribution in [1.82, 2.24) is 0 Å². The number of likely N-dealkylation sites (N-methyl/N-ethyl adjacent to an activating group) is 1. The van der Waals surface area contributed by atoms with E-state index in [1.54, 1.807) is 0 Å². The Hall–Kier alpha value is -4.31. The highest BCUT2D eigenvalue weighted by Crippen LogP contribution is 2.19. The molecular formula is C90H158NO8+. The Balaban J connectivity index is 3.97. The van der Waals surface area contributed by atoms with Crippen LogP contribution >= 0.6 is 0 Å². The predicted molar refractivity (Wildman–Crippen MR) is 428 cm³/mol. The summed E-state index contributed by atoms with van der Waals surface area (Å²) in [6.07, 6.45) is 111. The van der Waals surface area contributed by atoms with Crippen molar-refractivity contribution in [2.75, 3.05) is 47.5 Å². The molecule has 0 bridgehead atoms. The lowest BCUT2D eigenvalue weighted by Gasteiger charge is -2.25. The van der Waals surface area contributed by atoms with Crippen molar-refractivity contribution < 1.29 is 42.9 Å². The van der Waals surface area contributed by atoms with Gasteiger partial charge in [0.1, 0.15) is 13.2 Å². The maximum atomic E-state index is 13.0. The Morgan fingerprint density at radius 2 is 0.545 bits per heavy atom. The zero-order chi connectivity index (χ0) is 71.8. The zero-order valence-corrected chi connectivity index (χ0v) is 65.4. The van der Waals surface area contributed by atoms with E-state index < -0.39 is 18.4 Å². The number of allylic oxidation sites excluding steroid dienone is 20. The highest BCUT2D eigenvalue weighted by molar-refractivity contribution is 5.71. The van der Waals surface area contributed by atoms with Crippen molar-refractivity contribution in [3.05, 3.63) is 122 Å². The topological polar surface area (TPSA) is 108 Å². The van der Waals surface area contributed by atoms with Gasteiger partial charge in [-0.05, 0) is 103 Å². The molecule has 2 atom stereocenters. The molecule has 0 aromatic heterocycles. The summed E-state index contributed by atoms with van der Waals surface area (Å²) in [5, 5.41) is 9.79. The van der Waals surface area contributed by atoms with Crippen LogP contribution < -0.4 is 0 Å². The third kappa shape index (κ3) is 80.9. The van der Waals surface area contributed by atoms with Crippen LogP contribution in [0.25, 0.3) is 0 Å². The summed E-state index contributed by atoms with van der Waals surface area (Å²) in [7, 11) is 5.99. The number of hydrogen-bond donors (Lipinski definition) is 1. The Kier molecular flexibility index (Phi) is 75.9. The van der Waals surface area contributed by atoms with E-state index in [-0.39, 0.29) is 38.2 Å². The third-order valence-corrected chi connectivity index (χ3v) is 18.2. The van der Waals surface area contributed by atoms with Gasteiger partial charge < -0.3 is 28.5 Å². The number of nitrogens with zero attached hydrogens (tertiary/aromatic N) is 1. The number of carbonyl (C=O) groups excluding carboxylic acids is 2. The fourth-order valence-corrected chi connectivity index (χ4v) is 12.0. The van der Waals surface area contributed by atoms with E-state index in [1.807, 2.05) is 21.1 Å². The molecule has 0 saturated heterocycles. The van der Waals surface area contributed by atoms with Gasteiger partial charge in [0.2, 0.25) is 0 Å². The van der Waals surface area contributed by atoms with Crippen LogP contribution in [0.4, 0.5) is 0 Å². The van der Waals surface area contributed by atoms with Crippen molar-refractivity contribution in [1.29, 1.82) is 0 Å². The maximum Gasteiger partial charge on any atom is 0.361 e. The molecule has 0 amide bonds. The highest BCUT2D eigenvalue weighted by atomic mass is 16.7. The van der Waals surface area contributed by atoms with Crippen molar-refractivity contribution in [3.8, 4) is 0 Å². The van der Waals surface area contributed by atoms with E-state index in [2.05, 4.69) is 135 Å². The van der Waals surface area contributed by atoms with Gasteiger partial charge in [-0.25, -0.2) is 4.79 Å². The first-order valence-corrected chi connectivity index (χ1v) is 41.7. The van der Waals surface area contributed by atoms with Gasteiger partial charge in [-0.2, -0.15) is 0 Å². The molecule has 570 valence electrons. The zero-order valence-electron chi connectivity index (χ0n) is 65.4. The van der Waals surface area contributed by atoms with Crippen LogP contribution in [-0.2, 0) is 33.3 Å². The van der Waals surface area contributed by atoms with Crippen LogP contribution in [0.2, 0.25) is 0 Å². The van der Waals surface area contributed by atoms with E-state index in [0.717, 1.165) is 103 Å². The second-order valence-electron chi connectivity index (χ2n) is 29.0. The minimum atomic E-state index is -1.51. The monoisotopic (exact) mass is 1380 g/mol. The molecule has 99 heavy (non-hydrogen) atoms. The van der Waals surface area contributed by atoms with Crippen LogP contribution in [0, 0.1) is 0 Å². The minimum absolute atomic E-state index is 0.181. The molecule has 0 aliphatic heterocycles. The lowest BCUT2D eigenvalue weighted by molar-refractivity contribution is -0.870. The molecular weight excluding hydrogens is 1220 g/mol. The number of rotatable bonds is 77. The maximum absolute atomic E-state index is 13.0. The Bertz CT molecular complexity index is 2050. The number of carbonyl (C=O) groups is 3. The van der Waals surface area contributed by atoms with E-state index in [4.69, 9.17) is 18.9 Å². The fourth-order valence-electron chi connectivity index (χ4n) is 12.0. The van der Waals surface area contributed by atoms with E-state index in [9.17, 15) is 19.5 Å². The summed E-state index contributed by atoms with van der Waals surface area (Å²) in [4.78, 5) is 37.8. The predicted octanol–water partition coefficient (Wildman–Crippen LogP) is 27.0. The summed E-state index contributed by atoms with van der Waals surface area (Å²) in [5.41, 5.74) is 0. The van der Waals surface area contributed by atoms with Crippen molar-refractivity contribution in [2.45, 2.75) is 386 Å². The minimum Gasteiger partial charge on any atom is -0.477 e. The highest BCUT2D eigenvalue weighted by Gasteiger charge is 2.25. The van der Waals surface area contributed by atoms with Gasteiger partial charge in [-0.1, -0.05) is 379 Å². The molecule has 1 N–H and O–H groups in total. The summed E-state index contributed by atoms with van der Waals surface area (Å²) in [6, 6.07) is 0. The van der Waals surface area contributed by atoms with Gasteiger partial charge >= 0.3 is 17.9 Å². The molecule has 0 aromatic carbocycles. The Labute approximate surface area is 612 Å². The van der Waals surface area contributed by atoms with Gasteiger partial charge in [-0.15, -0.1) is 0 Å². The SMILES string of the molecule is CC/C=C\C/C=C\C/C=C\C/C=C\C/C=C\C/C=C\CCCCCCCCCCCCCCCCCCCCC(=O)OC(COC(=O)CCCCCCCCCCCCCCCCCCCCCCCCCC/C=C\C/C=C\C/C=C\C/C=C\CC)COC(OCC[N+](C)(C)C)C(=O)O. The smallest absolute Gasteiger partial charge is 0.361 e. The number of ether oxygens (including phenoxy) is 4.